The first-order chi connectivity index (χ1) is 35.1. The van der Waals surface area contributed by atoms with E-state index in [2.05, 4.69) is 16.0 Å². The van der Waals surface area contributed by atoms with E-state index in [9.17, 15) is 48.6 Å². The van der Waals surface area contributed by atoms with Gasteiger partial charge in [0.25, 0.3) is 11.1 Å². The van der Waals surface area contributed by atoms with E-state index >= 15 is 0 Å². The zero-order valence-corrected chi connectivity index (χ0v) is 39.8. The quantitative estimate of drug-likeness (QED) is 0.0528. The van der Waals surface area contributed by atoms with E-state index in [1.807, 2.05) is 12.1 Å². The highest BCUT2D eigenvalue weighted by Gasteiger charge is 2.47. The van der Waals surface area contributed by atoms with Crippen LogP contribution in [0.2, 0.25) is 0 Å². The molecule has 21 heteroatoms. The summed E-state index contributed by atoms with van der Waals surface area (Å²) in [6.45, 7) is 4.58. The molecule has 73 heavy (non-hydrogen) atoms. The second-order valence-electron chi connectivity index (χ2n) is 18.3. The average Bonchev–Trinajstić information content (AvgIpc) is 3.93. The number of nitrogens with one attached hydrogen (secondary N) is 3. The van der Waals surface area contributed by atoms with Crippen molar-refractivity contribution < 1.29 is 57.9 Å². The zero-order valence-electron chi connectivity index (χ0n) is 39.8. The number of carbonyl (C=O) groups excluding carboxylic acids is 6. The molecular weight excluding hydrogens is 947 g/mol. The number of fused-ring (bicyclic) bond motifs is 10. The van der Waals surface area contributed by atoms with Crippen molar-refractivity contribution in [2.75, 3.05) is 26.2 Å². The minimum Gasteiger partial charge on any atom is -0.458 e. The molecule has 2 amide bonds. The van der Waals surface area contributed by atoms with Crippen molar-refractivity contribution in [3.05, 3.63) is 115 Å². The Labute approximate surface area is 414 Å². The van der Waals surface area contributed by atoms with Crippen molar-refractivity contribution in [3.8, 4) is 34.3 Å². The molecule has 21 nitrogen and oxygen atoms in total. The summed E-state index contributed by atoms with van der Waals surface area (Å²) in [5.74, 6) is -3.00. The van der Waals surface area contributed by atoms with Crippen LogP contribution in [0.4, 0.5) is 0 Å². The molecule has 0 aliphatic carbocycles. The third-order valence-electron chi connectivity index (χ3n) is 13.8. The van der Waals surface area contributed by atoms with E-state index in [1.165, 1.54) is 9.13 Å². The lowest BCUT2D eigenvalue weighted by molar-refractivity contribution is -0.172. The number of cyclic esters (lactones) is 2. The van der Waals surface area contributed by atoms with Gasteiger partial charge in [0, 0.05) is 72.0 Å². The summed E-state index contributed by atoms with van der Waals surface area (Å²) in [5, 5.41) is 32.1. The molecule has 2 aromatic carbocycles. The number of carbonyl (C=O) groups is 6. The summed E-state index contributed by atoms with van der Waals surface area (Å²) in [6.07, 6.45) is -0.474. The Bertz CT molecular complexity index is 3270. The molecule has 0 radical (unpaired) electrons. The van der Waals surface area contributed by atoms with E-state index in [-0.39, 0.29) is 135 Å². The van der Waals surface area contributed by atoms with Crippen LogP contribution in [0.15, 0.2) is 70.3 Å². The highest BCUT2D eigenvalue weighted by atomic mass is 16.6. The fourth-order valence-corrected chi connectivity index (χ4v) is 9.73. The lowest BCUT2D eigenvalue weighted by Gasteiger charge is -2.31. The van der Waals surface area contributed by atoms with Gasteiger partial charge in [-0.1, -0.05) is 13.8 Å². The lowest BCUT2D eigenvalue weighted by Crippen LogP contribution is -2.44. The molecule has 4 aromatic heterocycles. The number of amides is 2. The predicted octanol–water partition coefficient (Wildman–Crippen LogP) is 2.37. The van der Waals surface area contributed by atoms with Gasteiger partial charge in [-0.2, -0.15) is 0 Å². The van der Waals surface area contributed by atoms with Gasteiger partial charge in [0.15, 0.2) is 11.2 Å². The normalized spacial score (nSPS) is 17.9. The Kier molecular flexibility index (Phi) is 12.7. The third kappa shape index (κ3) is 8.88. The molecule has 4 aliphatic rings. The topological polar surface area (TPSA) is 286 Å². The summed E-state index contributed by atoms with van der Waals surface area (Å²) in [4.78, 5) is 112. The van der Waals surface area contributed by atoms with Gasteiger partial charge in [0.2, 0.25) is 11.8 Å². The Balaban J connectivity index is 0.620. The molecule has 2 atom stereocenters. The maximum Gasteiger partial charge on any atom is 0.343 e. The molecule has 5 N–H and O–H groups in total. The zero-order chi connectivity index (χ0) is 51.3. The molecule has 376 valence electrons. The van der Waals surface area contributed by atoms with Gasteiger partial charge in [-0.15, -0.1) is 0 Å². The van der Waals surface area contributed by atoms with Crippen LogP contribution in [0.25, 0.3) is 44.6 Å². The highest BCUT2D eigenvalue weighted by molar-refractivity contribution is 5.90. The number of benzene rings is 2. The maximum absolute atomic E-state index is 13.5. The Morgan fingerprint density at radius 2 is 1.03 bits per heavy atom. The van der Waals surface area contributed by atoms with Crippen molar-refractivity contribution in [1.82, 2.24) is 35.1 Å². The maximum atomic E-state index is 13.5. The average molecular weight is 996 g/mol. The van der Waals surface area contributed by atoms with Gasteiger partial charge >= 0.3 is 23.9 Å². The summed E-state index contributed by atoms with van der Waals surface area (Å²) >= 11 is 0. The lowest BCUT2D eigenvalue weighted by atomic mass is 9.86. The number of ether oxygens (including phenoxy) is 4. The second-order valence-corrected chi connectivity index (χ2v) is 18.3. The van der Waals surface area contributed by atoms with E-state index < -0.39 is 35.1 Å². The largest absolute Gasteiger partial charge is 0.458 e. The Morgan fingerprint density at radius 1 is 0.603 bits per heavy atom. The van der Waals surface area contributed by atoms with Crippen molar-refractivity contribution in [2.24, 2.45) is 0 Å². The van der Waals surface area contributed by atoms with Crippen LogP contribution in [0.5, 0.6) is 11.5 Å². The molecule has 8 heterocycles. The van der Waals surface area contributed by atoms with E-state index in [1.54, 1.807) is 62.4 Å². The number of aliphatic hydroxyl groups is 2. The molecule has 0 bridgehead atoms. The minimum absolute atomic E-state index is 0.0344. The molecule has 6 aromatic rings. The van der Waals surface area contributed by atoms with E-state index in [0.29, 0.717) is 57.7 Å². The number of pyridine rings is 4. The Hall–Kier alpha value is -8.14. The smallest absolute Gasteiger partial charge is 0.343 e. The molecule has 0 saturated heterocycles. The first-order valence-electron chi connectivity index (χ1n) is 24.0. The van der Waals surface area contributed by atoms with Crippen LogP contribution in [0.1, 0.15) is 85.8 Å². The summed E-state index contributed by atoms with van der Waals surface area (Å²) < 4.78 is 24.4. The molecule has 0 unspecified atom stereocenters. The molecule has 0 fully saturated rings. The first-order valence-corrected chi connectivity index (χ1v) is 24.0. The van der Waals surface area contributed by atoms with Crippen LogP contribution in [-0.4, -0.2) is 91.2 Å². The molecule has 10 rings (SSSR count). The van der Waals surface area contributed by atoms with E-state index in [0.717, 1.165) is 11.1 Å². The highest BCUT2D eigenvalue weighted by Crippen LogP contribution is 2.41. The standard InChI is InChI=1S/C52H49N7O14/c1-3-51(68)35-21-39-45-29(23-58(39)47(64)33(35)25-70-49(51)66)17-27-19-31(5-7-37(27)56-45)72-43(62)11-9-41(60)54-15-13-53-14-16-55-42(61)10-12-44(63)73-32-6-8-38-28(20-32)18-30-24-59-40(46(30)57-38)22-36-34(48(59)65)26-71-50(67)52(36,69)4-2/h5-8,17-22,53,68-69H,3-4,9-16,23-26H2,1-2H3,(H,54,60)(H,55,61)/t51-,52-/m0/s1. The van der Waals surface area contributed by atoms with Gasteiger partial charge in [-0.25, -0.2) is 19.6 Å². The summed E-state index contributed by atoms with van der Waals surface area (Å²) in [7, 11) is 0. The number of hydrogen-bond acceptors (Lipinski definition) is 17. The van der Waals surface area contributed by atoms with Gasteiger partial charge in [-0.05, 0) is 73.5 Å². The van der Waals surface area contributed by atoms with Crippen molar-refractivity contribution in [1.29, 1.82) is 0 Å². The number of rotatable bonds is 16. The monoisotopic (exact) mass is 995 g/mol. The van der Waals surface area contributed by atoms with Gasteiger partial charge < -0.3 is 54.2 Å². The van der Waals surface area contributed by atoms with Gasteiger partial charge in [0.1, 0.15) is 24.7 Å². The van der Waals surface area contributed by atoms with Crippen molar-refractivity contribution in [2.45, 2.75) is 89.9 Å². The fraction of sp³-hybridized carbons (Fsp3) is 0.346. The van der Waals surface area contributed by atoms with Crippen LogP contribution in [0, 0.1) is 0 Å². The van der Waals surface area contributed by atoms with Gasteiger partial charge in [-0.3, -0.25) is 28.8 Å². The van der Waals surface area contributed by atoms with Crippen molar-refractivity contribution in [3.63, 3.8) is 0 Å². The SMILES string of the molecule is CC[C@@]1(O)C(=O)OCc2c1cc1n(c2=O)Cc2cc3cc(OC(=O)CCC(=O)NCCNCCNC(=O)CCC(=O)Oc4ccc5nc6c(cc5c4)Cn4c-6cc5c(c4=O)COC(=O)[C@]5(O)CC)ccc3nc2-1. The van der Waals surface area contributed by atoms with Crippen LogP contribution < -0.4 is 36.5 Å². The minimum atomic E-state index is -1.93. The van der Waals surface area contributed by atoms with Crippen LogP contribution >= 0.6 is 0 Å². The number of esters is 4. The van der Waals surface area contributed by atoms with Crippen LogP contribution in [0.3, 0.4) is 0 Å². The molecular formula is C52H49N7O14. The number of hydrogen-bond donors (Lipinski definition) is 5. The molecule has 4 aliphatic heterocycles. The predicted molar refractivity (Wildman–Crippen MR) is 258 cm³/mol. The number of aromatic nitrogens is 4. The van der Waals surface area contributed by atoms with Crippen molar-refractivity contribution >= 4 is 57.5 Å². The van der Waals surface area contributed by atoms with Crippen LogP contribution in [-0.2, 0) is 75.7 Å². The van der Waals surface area contributed by atoms with E-state index in [4.69, 9.17) is 28.9 Å². The molecule has 0 spiro atoms. The third-order valence-corrected chi connectivity index (χ3v) is 13.8. The fourth-order valence-electron chi connectivity index (χ4n) is 9.73. The second kappa shape index (κ2) is 19.1. The first kappa shape index (κ1) is 48.5. The van der Waals surface area contributed by atoms with Gasteiger partial charge in [0.05, 0.1) is 70.9 Å². The summed E-state index contributed by atoms with van der Waals surface area (Å²) in [5.41, 5.74) is 0.970. The number of nitrogens with zero attached hydrogens (tertiary/aromatic N) is 4. The summed E-state index contributed by atoms with van der Waals surface area (Å²) in [6, 6.07) is 16.8. The Morgan fingerprint density at radius 3 is 1.44 bits per heavy atom. The molecule has 0 saturated carbocycles.